The van der Waals surface area contributed by atoms with Crippen molar-refractivity contribution >= 4 is 35.1 Å². The van der Waals surface area contributed by atoms with Gasteiger partial charge in [0.25, 0.3) is 0 Å². The van der Waals surface area contributed by atoms with Gasteiger partial charge in [-0.15, -0.1) is 0 Å². The number of hydrogen-bond acceptors (Lipinski definition) is 1. The molecule has 1 aromatic rings. The summed E-state index contributed by atoms with van der Waals surface area (Å²) in [5.74, 6) is -0.574. The molecule has 0 N–H and O–H groups in total. The minimum absolute atomic E-state index is 0.0597. The summed E-state index contributed by atoms with van der Waals surface area (Å²) in [6.07, 6.45) is 1.40. The Morgan fingerprint density at radius 3 is 2.38 bits per heavy atom. The Balaban J connectivity index is 3.64. The van der Waals surface area contributed by atoms with Crippen molar-refractivity contribution < 1.29 is 4.39 Å². The smallest absolute Gasteiger partial charge is 0.134 e. The van der Waals surface area contributed by atoms with Crippen LogP contribution in [-0.4, -0.2) is 4.98 Å². The number of rotatable bonds is 3. The van der Waals surface area contributed by atoms with Crippen molar-refractivity contribution in [3.63, 3.8) is 0 Å². The monoisotopic (exact) mass is 259 g/mol. The zero-order valence-electron chi connectivity index (χ0n) is 9.15. The summed E-state index contributed by atoms with van der Waals surface area (Å²) in [6.45, 7) is 10.6. The maximum absolute atomic E-state index is 13.3. The van der Waals surface area contributed by atoms with Gasteiger partial charge in [-0.1, -0.05) is 50.2 Å². The Hall–Kier alpha value is -0.860. The van der Waals surface area contributed by atoms with Crippen LogP contribution in [0.4, 0.5) is 4.39 Å². The molecule has 1 heterocycles. The number of hydrogen-bond donors (Lipinski definition) is 0. The average Bonchev–Trinajstić information content (AvgIpc) is 2.14. The third kappa shape index (κ3) is 2.28. The minimum Gasteiger partial charge on any atom is -0.236 e. The Kier molecular flexibility index (Phi) is 4.11. The first kappa shape index (κ1) is 13.2. The van der Waals surface area contributed by atoms with Crippen molar-refractivity contribution in [1.29, 1.82) is 0 Å². The average molecular weight is 260 g/mol. The largest absolute Gasteiger partial charge is 0.236 e. The fourth-order valence-corrected chi connectivity index (χ4v) is 2.42. The maximum atomic E-state index is 13.3. The molecule has 0 aromatic carbocycles. The van der Waals surface area contributed by atoms with E-state index in [2.05, 4.69) is 18.1 Å². The quantitative estimate of drug-likeness (QED) is 0.689. The van der Waals surface area contributed by atoms with E-state index in [0.29, 0.717) is 11.3 Å². The van der Waals surface area contributed by atoms with Crippen LogP contribution in [0.5, 0.6) is 0 Å². The highest BCUT2D eigenvalue weighted by Crippen LogP contribution is 2.37. The standard InChI is InChI=1S/C12H12Cl2FN/c1-5-8-10(7(4)15)11(13)9(6(2)3)12(14)16-8/h5-6H,1,4H2,2-3H3. The van der Waals surface area contributed by atoms with E-state index in [-0.39, 0.29) is 21.7 Å². The Morgan fingerprint density at radius 1 is 1.44 bits per heavy atom. The molecule has 0 saturated heterocycles. The van der Waals surface area contributed by atoms with Gasteiger partial charge in [0.2, 0.25) is 0 Å². The van der Waals surface area contributed by atoms with Crippen molar-refractivity contribution in [2.75, 3.05) is 0 Å². The Bertz CT molecular complexity index is 453. The van der Waals surface area contributed by atoms with E-state index in [9.17, 15) is 4.39 Å². The van der Waals surface area contributed by atoms with Gasteiger partial charge in [0.05, 0.1) is 16.3 Å². The van der Waals surface area contributed by atoms with Gasteiger partial charge in [-0.2, -0.15) is 0 Å². The van der Waals surface area contributed by atoms with Crippen molar-refractivity contribution in [3.8, 4) is 0 Å². The maximum Gasteiger partial charge on any atom is 0.134 e. The predicted molar refractivity (Wildman–Crippen MR) is 68.6 cm³/mol. The number of pyridine rings is 1. The summed E-state index contributed by atoms with van der Waals surface area (Å²) in [5.41, 5.74) is 1.11. The molecular weight excluding hydrogens is 248 g/mol. The second-order valence-corrected chi connectivity index (χ2v) is 4.39. The van der Waals surface area contributed by atoms with Crippen molar-refractivity contribution in [2.24, 2.45) is 0 Å². The fraction of sp³-hybridized carbons (Fsp3) is 0.250. The molecule has 0 aliphatic carbocycles. The topological polar surface area (TPSA) is 12.9 Å². The summed E-state index contributed by atoms with van der Waals surface area (Å²) in [4.78, 5) is 4.06. The van der Waals surface area contributed by atoms with E-state index < -0.39 is 5.83 Å². The molecule has 4 heteroatoms. The highest BCUT2D eigenvalue weighted by Gasteiger charge is 2.20. The van der Waals surface area contributed by atoms with Gasteiger partial charge >= 0.3 is 0 Å². The Morgan fingerprint density at radius 2 is 2.00 bits per heavy atom. The van der Waals surface area contributed by atoms with Gasteiger partial charge in [0.15, 0.2) is 0 Å². The van der Waals surface area contributed by atoms with Gasteiger partial charge < -0.3 is 0 Å². The molecule has 1 aromatic heterocycles. The molecule has 0 radical (unpaired) electrons. The molecule has 0 atom stereocenters. The van der Waals surface area contributed by atoms with Crippen LogP contribution in [-0.2, 0) is 0 Å². The van der Waals surface area contributed by atoms with Gasteiger partial charge in [-0.25, -0.2) is 9.37 Å². The zero-order chi connectivity index (χ0) is 12.5. The zero-order valence-corrected chi connectivity index (χ0v) is 10.7. The van der Waals surface area contributed by atoms with Crippen LogP contribution >= 0.6 is 23.2 Å². The van der Waals surface area contributed by atoms with E-state index in [1.54, 1.807) is 0 Å². The first-order chi connectivity index (χ1) is 7.40. The van der Waals surface area contributed by atoms with E-state index in [1.807, 2.05) is 13.8 Å². The van der Waals surface area contributed by atoms with Crippen molar-refractivity contribution in [2.45, 2.75) is 19.8 Å². The number of nitrogens with zero attached hydrogens (tertiary/aromatic N) is 1. The summed E-state index contributed by atoms with van der Waals surface area (Å²) < 4.78 is 13.3. The van der Waals surface area contributed by atoms with E-state index in [0.717, 1.165) is 0 Å². The molecule has 0 bridgehead atoms. The number of aromatic nitrogens is 1. The molecule has 16 heavy (non-hydrogen) atoms. The van der Waals surface area contributed by atoms with Crippen LogP contribution in [0.1, 0.15) is 36.6 Å². The summed E-state index contributed by atoms with van der Waals surface area (Å²) in [6, 6.07) is 0. The molecule has 0 fully saturated rings. The molecule has 0 aliphatic heterocycles. The van der Waals surface area contributed by atoms with Crippen molar-refractivity contribution in [3.05, 3.63) is 40.2 Å². The lowest BCUT2D eigenvalue weighted by Crippen LogP contribution is -2.00. The van der Waals surface area contributed by atoms with Crippen LogP contribution in [0, 0.1) is 0 Å². The molecular formula is C12H12Cl2FN. The van der Waals surface area contributed by atoms with Gasteiger partial charge in [0, 0.05) is 5.56 Å². The third-order valence-electron chi connectivity index (χ3n) is 2.19. The second kappa shape index (κ2) is 4.98. The summed E-state index contributed by atoms with van der Waals surface area (Å²) >= 11 is 12.1. The van der Waals surface area contributed by atoms with E-state index in [4.69, 9.17) is 23.2 Å². The van der Waals surface area contributed by atoms with Crippen molar-refractivity contribution in [1.82, 2.24) is 4.98 Å². The molecule has 0 amide bonds. The van der Waals surface area contributed by atoms with Crippen LogP contribution in [0.3, 0.4) is 0 Å². The third-order valence-corrected chi connectivity index (χ3v) is 2.88. The summed E-state index contributed by atoms with van der Waals surface area (Å²) in [7, 11) is 0. The normalized spacial score (nSPS) is 10.6. The lowest BCUT2D eigenvalue weighted by molar-refractivity contribution is 0.759. The van der Waals surface area contributed by atoms with E-state index in [1.165, 1.54) is 6.08 Å². The second-order valence-electron chi connectivity index (χ2n) is 3.65. The number of halogens is 3. The predicted octanol–water partition coefficient (Wildman–Crippen LogP) is 5.10. The lowest BCUT2D eigenvalue weighted by Gasteiger charge is -2.14. The highest BCUT2D eigenvalue weighted by molar-refractivity contribution is 6.36. The molecule has 1 nitrogen and oxygen atoms in total. The first-order valence-corrected chi connectivity index (χ1v) is 5.51. The van der Waals surface area contributed by atoms with Crippen LogP contribution in [0.2, 0.25) is 10.2 Å². The van der Waals surface area contributed by atoms with Crippen LogP contribution in [0.15, 0.2) is 13.2 Å². The Labute approximate surface area is 105 Å². The molecule has 0 spiro atoms. The molecule has 0 saturated carbocycles. The fourth-order valence-electron chi connectivity index (χ4n) is 1.46. The van der Waals surface area contributed by atoms with Gasteiger partial charge in [-0.3, -0.25) is 0 Å². The molecule has 0 aliphatic rings. The molecule has 1 rings (SSSR count). The van der Waals surface area contributed by atoms with Gasteiger partial charge in [-0.05, 0) is 12.0 Å². The lowest BCUT2D eigenvalue weighted by atomic mass is 10.0. The summed E-state index contributed by atoms with van der Waals surface area (Å²) in [5, 5.41) is 0.539. The highest BCUT2D eigenvalue weighted by atomic mass is 35.5. The first-order valence-electron chi connectivity index (χ1n) is 4.76. The van der Waals surface area contributed by atoms with Gasteiger partial charge in [0.1, 0.15) is 11.0 Å². The van der Waals surface area contributed by atoms with Crippen LogP contribution < -0.4 is 0 Å². The SMILES string of the molecule is C=Cc1nc(Cl)c(C(C)C)c(Cl)c1C(=C)F. The molecule has 0 unspecified atom stereocenters. The minimum atomic E-state index is -0.633. The van der Waals surface area contributed by atoms with Crippen LogP contribution in [0.25, 0.3) is 11.9 Å². The van der Waals surface area contributed by atoms with E-state index >= 15 is 0 Å². The molecule has 86 valence electrons.